The van der Waals surface area contributed by atoms with Crippen molar-refractivity contribution in [2.75, 3.05) is 12.4 Å². The molecule has 23 heavy (non-hydrogen) atoms. The summed E-state index contributed by atoms with van der Waals surface area (Å²) in [5.74, 6) is 1.61. The van der Waals surface area contributed by atoms with Gasteiger partial charge >= 0.3 is 0 Å². The first kappa shape index (κ1) is 15.5. The van der Waals surface area contributed by atoms with Crippen LogP contribution >= 0.6 is 15.9 Å². The molecule has 0 aliphatic rings. The zero-order valence-electron chi connectivity index (χ0n) is 12.7. The second-order valence-electron chi connectivity index (χ2n) is 5.01. The molecule has 0 aliphatic heterocycles. The van der Waals surface area contributed by atoms with Gasteiger partial charge in [-0.05, 0) is 42.0 Å². The molecule has 0 radical (unpaired) electrons. The van der Waals surface area contributed by atoms with Crippen molar-refractivity contribution in [3.05, 3.63) is 70.7 Å². The predicted octanol–water partition coefficient (Wildman–Crippen LogP) is 4.53. The molecule has 0 amide bonds. The van der Waals surface area contributed by atoms with E-state index in [0.29, 0.717) is 6.54 Å². The minimum Gasteiger partial charge on any atom is -0.497 e. The van der Waals surface area contributed by atoms with E-state index in [1.807, 2.05) is 60.7 Å². The van der Waals surface area contributed by atoms with Crippen LogP contribution < -0.4 is 10.1 Å². The van der Waals surface area contributed by atoms with Crippen molar-refractivity contribution in [3.63, 3.8) is 0 Å². The molecule has 0 saturated heterocycles. The van der Waals surface area contributed by atoms with E-state index in [1.165, 1.54) is 0 Å². The third-order valence-corrected chi connectivity index (χ3v) is 3.97. The summed E-state index contributed by atoms with van der Waals surface area (Å²) in [5.41, 5.74) is 3.06. The molecule has 1 aromatic heterocycles. The highest BCUT2D eigenvalue weighted by Crippen LogP contribution is 2.20. The highest BCUT2D eigenvalue weighted by molar-refractivity contribution is 9.10. The predicted molar refractivity (Wildman–Crippen MR) is 95.5 cm³/mol. The lowest BCUT2D eigenvalue weighted by molar-refractivity contribution is 0.414. The number of nitrogens with zero attached hydrogens (tertiary/aromatic N) is 2. The number of rotatable bonds is 5. The second-order valence-corrected chi connectivity index (χ2v) is 5.93. The van der Waals surface area contributed by atoms with E-state index < -0.39 is 0 Å². The number of halogens is 1. The Hall–Kier alpha value is -2.40. The highest BCUT2D eigenvalue weighted by Gasteiger charge is 2.01. The molecule has 0 bridgehead atoms. The molecule has 1 N–H and O–H groups in total. The maximum absolute atomic E-state index is 5.15. The third kappa shape index (κ3) is 4.07. The van der Waals surface area contributed by atoms with Crippen LogP contribution in [0, 0.1) is 0 Å². The number of methoxy groups -OCH3 is 1. The second kappa shape index (κ2) is 7.24. The van der Waals surface area contributed by atoms with E-state index in [0.717, 1.165) is 32.9 Å². The molecular formula is C18H16BrN3O. The Morgan fingerprint density at radius 1 is 0.913 bits per heavy atom. The van der Waals surface area contributed by atoms with Crippen LogP contribution in [-0.4, -0.2) is 17.3 Å². The lowest BCUT2D eigenvalue weighted by Crippen LogP contribution is -2.02. The fourth-order valence-electron chi connectivity index (χ4n) is 2.14. The Labute approximate surface area is 143 Å². The molecule has 5 heteroatoms. The van der Waals surface area contributed by atoms with E-state index in [4.69, 9.17) is 4.74 Å². The molecule has 0 atom stereocenters. The van der Waals surface area contributed by atoms with E-state index in [9.17, 15) is 0 Å². The number of hydrogen-bond acceptors (Lipinski definition) is 4. The lowest BCUT2D eigenvalue weighted by atomic mass is 10.1. The first-order valence-electron chi connectivity index (χ1n) is 7.21. The van der Waals surface area contributed by atoms with Crippen LogP contribution in [0.5, 0.6) is 5.75 Å². The molecule has 3 aromatic rings. The molecule has 0 spiro atoms. The highest BCUT2D eigenvalue weighted by atomic mass is 79.9. The number of nitrogens with one attached hydrogen (secondary N) is 1. The molecule has 2 aromatic carbocycles. The molecule has 0 saturated carbocycles. The SMILES string of the molecule is COc1ccc(CNc2ccc(-c3ccc(Br)cc3)nn2)cc1. The van der Waals surface area contributed by atoms with Gasteiger partial charge in [0.05, 0.1) is 12.8 Å². The van der Waals surface area contributed by atoms with Crippen molar-refractivity contribution in [1.82, 2.24) is 10.2 Å². The van der Waals surface area contributed by atoms with Gasteiger partial charge in [-0.1, -0.05) is 40.2 Å². The summed E-state index contributed by atoms with van der Waals surface area (Å²) in [5, 5.41) is 11.8. The molecule has 4 nitrogen and oxygen atoms in total. The number of anilines is 1. The normalized spacial score (nSPS) is 10.3. The van der Waals surface area contributed by atoms with Crippen LogP contribution in [0.4, 0.5) is 5.82 Å². The first-order chi connectivity index (χ1) is 11.2. The standard InChI is InChI=1S/C18H16BrN3O/c1-23-16-8-2-13(3-9-16)12-20-18-11-10-17(21-22-18)14-4-6-15(19)7-5-14/h2-11H,12H2,1H3,(H,20,22). The van der Waals surface area contributed by atoms with Gasteiger partial charge in [0.25, 0.3) is 0 Å². The van der Waals surface area contributed by atoms with Crippen molar-refractivity contribution in [2.24, 2.45) is 0 Å². The van der Waals surface area contributed by atoms with Gasteiger partial charge in [0, 0.05) is 16.6 Å². The van der Waals surface area contributed by atoms with Crippen molar-refractivity contribution in [3.8, 4) is 17.0 Å². The van der Waals surface area contributed by atoms with Gasteiger partial charge in [-0.25, -0.2) is 0 Å². The number of ether oxygens (including phenoxy) is 1. The van der Waals surface area contributed by atoms with E-state index in [1.54, 1.807) is 7.11 Å². The molecule has 0 fully saturated rings. The van der Waals surface area contributed by atoms with Gasteiger partial charge in [-0.2, -0.15) is 0 Å². The maximum atomic E-state index is 5.15. The Morgan fingerprint density at radius 3 is 2.26 bits per heavy atom. The summed E-state index contributed by atoms with van der Waals surface area (Å²) < 4.78 is 6.20. The van der Waals surface area contributed by atoms with Crippen LogP contribution in [0.15, 0.2) is 65.1 Å². The Balaban J connectivity index is 1.64. The fourth-order valence-corrected chi connectivity index (χ4v) is 2.40. The monoisotopic (exact) mass is 369 g/mol. The first-order valence-corrected chi connectivity index (χ1v) is 8.00. The third-order valence-electron chi connectivity index (χ3n) is 3.44. The van der Waals surface area contributed by atoms with Gasteiger partial charge < -0.3 is 10.1 Å². The minimum atomic E-state index is 0.691. The van der Waals surface area contributed by atoms with Gasteiger partial charge in [0.15, 0.2) is 0 Å². The Morgan fingerprint density at radius 2 is 1.65 bits per heavy atom. The summed E-state index contributed by atoms with van der Waals surface area (Å²) in [4.78, 5) is 0. The number of aromatic nitrogens is 2. The smallest absolute Gasteiger partial charge is 0.148 e. The summed E-state index contributed by atoms with van der Waals surface area (Å²) in [6, 6.07) is 19.8. The average molecular weight is 370 g/mol. The summed E-state index contributed by atoms with van der Waals surface area (Å²) in [6.07, 6.45) is 0. The van der Waals surface area contributed by atoms with Crippen molar-refractivity contribution < 1.29 is 4.74 Å². The topological polar surface area (TPSA) is 47.0 Å². The zero-order valence-corrected chi connectivity index (χ0v) is 14.2. The van der Waals surface area contributed by atoms with E-state index >= 15 is 0 Å². The molecule has 0 aliphatic carbocycles. The lowest BCUT2D eigenvalue weighted by Gasteiger charge is -2.07. The Kier molecular flexibility index (Phi) is 4.88. The average Bonchev–Trinajstić information content (AvgIpc) is 2.61. The molecule has 3 rings (SSSR count). The van der Waals surface area contributed by atoms with Crippen LogP contribution in [-0.2, 0) is 6.54 Å². The molecule has 0 unspecified atom stereocenters. The summed E-state index contributed by atoms with van der Waals surface area (Å²) in [7, 11) is 1.66. The molecule has 116 valence electrons. The van der Waals surface area contributed by atoms with E-state index in [-0.39, 0.29) is 0 Å². The van der Waals surface area contributed by atoms with Crippen LogP contribution in [0.2, 0.25) is 0 Å². The number of benzene rings is 2. The van der Waals surface area contributed by atoms with Gasteiger partial charge in [-0.15, -0.1) is 10.2 Å². The largest absolute Gasteiger partial charge is 0.497 e. The van der Waals surface area contributed by atoms with Gasteiger partial charge in [0.2, 0.25) is 0 Å². The Bertz CT molecular complexity index is 756. The van der Waals surface area contributed by atoms with Crippen molar-refractivity contribution in [1.29, 1.82) is 0 Å². The van der Waals surface area contributed by atoms with Crippen LogP contribution in [0.1, 0.15) is 5.56 Å². The summed E-state index contributed by atoms with van der Waals surface area (Å²) >= 11 is 3.43. The van der Waals surface area contributed by atoms with Crippen LogP contribution in [0.3, 0.4) is 0 Å². The quantitative estimate of drug-likeness (QED) is 0.717. The minimum absolute atomic E-state index is 0.691. The fraction of sp³-hybridized carbons (Fsp3) is 0.111. The molecule has 1 heterocycles. The van der Waals surface area contributed by atoms with Crippen LogP contribution in [0.25, 0.3) is 11.3 Å². The zero-order chi connectivity index (χ0) is 16.1. The summed E-state index contributed by atoms with van der Waals surface area (Å²) in [6.45, 7) is 0.691. The van der Waals surface area contributed by atoms with Gasteiger partial charge in [-0.3, -0.25) is 0 Å². The van der Waals surface area contributed by atoms with Crippen molar-refractivity contribution >= 4 is 21.7 Å². The van der Waals surface area contributed by atoms with Crippen molar-refractivity contribution in [2.45, 2.75) is 6.54 Å². The maximum Gasteiger partial charge on any atom is 0.148 e. The van der Waals surface area contributed by atoms with E-state index in [2.05, 4.69) is 31.4 Å². The van der Waals surface area contributed by atoms with Gasteiger partial charge in [0.1, 0.15) is 11.6 Å². The number of hydrogen-bond donors (Lipinski definition) is 1. The molecular weight excluding hydrogens is 354 g/mol.